The molecule has 0 radical (unpaired) electrons. The van der Waals surface area contributed by atoms with Gasteiger partial charge in [-0.05, 0) is 0 Å². The van der Waals surface area contributed by atoms with Crippen LogP contribution in [-0.4, -0.2) is 29.6 Å². The van der Waals surface area contributed by atoms with E-state index in [9.17, 15) is 0 Å². The quantitative estimate of drug-likeness (QED) is 0.944. The van der Waals surface area contributed by atoms with Crippen LogP contribution in [0.15, 0.2) is 30.3 Å². The zero-order valence-corrected chi connectivity index (χ0v) is 12.3. The summed E-state index contributed by atoms with van der Waals surface area (Å²) in [4.78, 5) is 8.39. The van der Waals surface area contributed by atoms with E-state index in [0.717, 1.165) is 29.5 Å². The maximum absolute atomic E-state index is 5.88. The van der Waals surface area contributed by atoms with Crippen LogP contribution in [0, 0.1) is 0 Å². The van der Waals surface area contributed by atoms with Gasteiger partial charge in [0.1, 0.15) is 0 Å². The molecule has 0 unspecified atom stereocenters. The van der Waals surface area contributed by atoms with Gasteiger partial charge in [0.2, 0.25) is 0 Å². The van der Waals surface area contributed by atoms with Crippen LogP contribution in [0.3, 0.4) is 0 Å². The molecule has 1 fully saturated rings. The fourth-order valence-electron chi connectivity index (χ4n) is 2.19. The Morgan fingerprint density at radius 1 is 1.16 bits per heavy atom. The highest BCUT2D eigenvalue weighted by molar-refractivity contribution is 7.99. The van der Waals surface area contributed by atoms with Gasteiger partial charge in [-0.2, -0.15) is 11.8 Å². The van der Waals surface area contributed by atoms with Crippen LogP contribution < -0.4 is 10.6 Å². The first-order valence-corrected chi connectivity index (χ1v) is 8.43. The molecule has 1 aliphatic rings. The lowest BCUT2D eigenvalue weighted by molar-refractivity contribution is 0.853. The summed E-state index contributed by atoms with van der Waals surface area (Å²) in [5.74, 6) is 2.39. The van der Waals surface area contributed by atoms with Crippen molar-refractivity contribution in [3.05, 3.63) is 35.2 Å². The third-order valence-corrected chi connectivity index (χ3v) is 5.28. The number of aromatic nitrogens is 1. The van der Waals surface area contributed by atoms with Crippen LogP contribution in [0.5, 0.6) is 0 Å². The van der Waals surface area contributed by atoms with Crippen molar-refractivity contribution in [2.45, 2.75) is 6.54 Å². The van der Waals surface area contributed by atoms with E-state index < -0.39 is 0 Å². The van der Waals surface area contributed by atoms with Crippen LogP contribution in [0.25, 0.3) is 11.3 Å². The lowest BCUT2D eigenvalue weighted by atomic mass is 10.1. The minimum atomic E-state index is 0.560. The second-order valence-electron chi connectivity index (χ2n) is 4.44. The number of anilines is 1. The van der Waals surface area contributed by atoms with E-state index in [1.54, 1.807) is 11.3 Å². The minimum absolute atomic E-state index is 0.560. The zero-order chi connectivity index (χ0) is 13.1. The van der Waals surface area contributed by atoms with Crippen LogP contribution in [-0.2, 0) is 6.54 Å². The van der Waals surface area contributed by atoms with Gasteiger partial charge in [0.05, 0.1) is 5.69 Å². The van der Waals surface area contributed by atoms with Crippen molar-refractivity contribution in [1.29, 1.82) is 0 Å². The number of rotatable bonds is 3. The number of thiazole rings is 1. The number of benzene rings is 1. The van der Waals surface area contributed by atoms with Gasteiger partial charge in [0.15, 0.2) is 5.13 Å². The van der Waals surface area contributed by atoms with Crippen molar-refractivity contribution in [2.24, 2.45) is 5.73 Å². The van der Waals surface area contributed by atoms with Crippen LogP contribution >= 0.6 is 23.1 Å². The first-order chi connectivity index (χ1) is 9.38. The number of hydrogen-bond acceptors (Lipinski definition) is 5. The predicted octanol–water partition coefficient (Wildman–Crippen LogP) is 2.82. The van der Waals surface area contributed by atoms with Gasteiger partial charge >= 0.3 is 0 Å². The average Bonchev–Trinajstić information content (AvgIpc) is 2.93. The van der Waals surface area contributed by atoms with Gasteiger partial charge in [-0.25, -0.2) is 4.98 Å². The fourth-order valence-corrected chi connectivity index (χ4v) is 4.10. The molecule has 0 atom stereocenters. The summed E-state index contributed by atoms with van der Waals surface area (Å²) in [6, 6.07) is 10.3. The number of hydrogen-bond donors (Lipinski definition) is 1. The second kappa shape index (κ2) is 5.94. The Kier molecular flexibility index (Phi) is 4.06. The van der Waals surface area contributed by atoms with E-state index in [2.05, 4.69) is 17.0 Å². The second-order valence-corrected chi connectivity index (χ2v) is 6.72. The first-order valence-electron chi connectivity index (χ1n) is 6.46. The van der Waals surface area contributed by atoms with Crippen LogP contribution in [0.1, 0.15) is 4.88 Å². The topological polar surface area (TPSA) is 42.1 Å². The van der Waals surface area contributed by atoms with E-state index in [1.165, 1.54) is 16.4 Å². The Morgan fingerprint density at radius 2 is 1.89 bits per heavy atom. The maximum Gasteiger partial charge on any atom is 0.186 e. The third-order valence-electron chi connectivity index (χ3n) is 3.20. The third kappa shape index (κ3) is 2.78. The summed E-state index contributed by atoms with van der Waals surface area (Å²) in [7, 11) is 0. The molecule has 0 spiro atoms. The zero-order valence-electron chi connectivity index (χ0n) is 10.7. The van der Waals surface area contributed by atoms with Crippen molar-refractivity contribution >= 4 is 28.2 Å². The SMILES string of the molecule is NCc1sc(N2CCSCC2)nc1-c1ccccc1. The molecule has 0 saturated carbocycles. The molecule has 5 heteroatoms. The molecule has 3 rings (SSSR count). The number of thioether (sulfide) groups is 1. The fraction of sp³-hybridized carbons (Fsp3) is 0.357. The van der Waals surface area contributed by atoms with Crippen molar-refractivity contribution in [2.75, 3.05) is 29.5 Å². The molecule has 100 valence electrons. The first kappa shape index (κ1) is 13.0. The maximum atomic E-state index is 5.88. The van der Waals surface area contributed by atoms with E-state index >= 15 is 0 Å². The molecule has 3 nitrogen and oxygen atoms in total. The summed E-state index contributed by atoms with van der Waals surface area (Å²) >= 11 is 3.76. The smallest absolute Gasteiger partial charge is 0.186 e. The lowest BCUT2D eigenvalue weighted by Gasteiger charge is -2.25. The van der Waals surface area contributed by atoms with Crippen molar-refractivity contribution in [3.63, 3.8) is 0 Å². The van der Waals surface area contributed by atoms with Gasteiger partial charge in [0.25, 0.3) is 0 Å². The van der Waals surface area contributed by atoms with Crippen molar-refractivity contribution in [3.8, 4) is 11.3 Å². The highest BCUT2D eigenvalue weighted by Crippen LogP contribution is 2.33. The van der Waals surface area contributed by atoms with Crippen LogP contribution in [0.2, 0.25) is 0 Å². The lowest BCUT2D eigenvalue weighted by Crippen LogP contribution is -2.32. The normalized spacial score (nSPS) is 15.7. The molecule has 0 bridgehead atoms. The molecular formula is C14H17N3S2. The monoisotopic (exact) mass is 291 g/mol. The molecule has 0 aliphatic carbocycles. The van der Waals surface area contributed by atoms with Crippen molar-refractivity contribution in [1.82, 2.24) is 4.98 Å². The average molecular weight is 291 g/mol. The molecule has 1 saturated heterocycles. The van der Waals surface area contributed by atoms with E-state index in [0.29, 0.717) is 6.54 Å². The molecule has 19 heavy (non-hydrogen) atoms. The highest BCUT2D eigenvalue weighted by atomic mass is 32.2. The molecule has 0 amide bonds. The summed E-state index contributed by atoms with van der Waals surface area (Å²) < 4.78 is 0. The summed E-state index contributed by atoms with van der Waals surface area (Å²) in [5.41, 5.74) is 8.10. The van der Waals surface area contributed by atoms with Crippen LogP contribution in [0.4, 0.5) is 5.13 Å². The van der Waals surface area contributed by atoms with Gasteiger partial charge in [0, 0.05) is 41.6 Å². The molecule has 1 aromatic carbocycles. The summed E-state index contributed by atoms with van der Waals surface area (Å²) in [6.45, 7) is 2.75. The van der Waals surface area contributed by atoms with Gasteiger partial charge in [-0.3, -0.25) is 0 Å². The molecular weight excluding hydrogens is 274 g/mol. The Hall–Kier alpha value is -1.04. The van der Waals surface area contributed by atoms with Gasteiger partial charge in [-0.15, -0.1) is 0 Å². The largest absolute Gasteiger partial charge is 0.346 e. The van der Waals surface area contributed by atoms with E-state index in [1.807, 2.05) is 30.0 Å². The van der Waals surface area contributed by atoms with E-state index in [4.69, 9.17) is 10.7 Å². The van der Waals surface area contributed by atoms with Gasteiger partial charge in [-0.1, -0.05) is 41.7 Å². The van der Waals surface area contributed by atoms with Gasteiger partial charge < -0.3 is 10.6 Å². The number of nitrogens with two attached hydrogens (primary N) is 1. The number of nitrogens with zero attached hydrogens (tertiary/aromatic N) is 2. The standard InChI is InChI=1S/C14H17N3S2/c15-10-12-13(11-4-2-1-3-5-11)16-14(19-12)17-6-8-18-9-7-17/h1-5H,6-10,15H2. The predicted molar refractivity (Wildman–Crippen MR) is 85.0 cm³/mol. The van der Waals surface area contributed by atoms with E-state index in [-0.39, 0.29) is 0 Å². The molecule has 2 N–H and O–H groups in total. The molecule has 1 aromatic heterocycles. The Morgan fingerprint density at radius 3 is 2.58 bits per heavy atom. The van der Waals surface area contributed by atoms with Crippen molar-refractivity contribution < 1.29 is 0 Å². The molecule has 2 heterocycles. The highest BCUT2D eigenvalue weighted by Gasteiger charge is 2.18. The Bertz CT molecular complexity index is 533. The minimum Gasteiger partial charge on any atom is -0.346 e. The Balaban J connectivity index is 1.94. The summed E-state index contributed by atoms with van der Waals surface area (Å²) in [5, 5.41) is 1.12. The molecule has 2 aromatic rings. The Labute approximate surface area is 121 Å². The summed E-state index contributed by atoms with van der Waals surface area (Å²) in [6.07, 6.45) is 0. The molecule has 1 aliphatic heterocycles.